The van der Waals surface area contributed by atoms with Gasteiger partial charge in [-0.15, -0.1) is 0 Å². The molecule has 2 aromatic rings. The van der Waals surface area contributed by atoms with Crippen molar-refractivity contribution in [3.8, 4) is 0 Å². The van der Waals surface area contributed by atoms with Gasteiger partial charge in [-0.3, -0.25) is 4.79 Å². The van der Waals surface area contributed by atoms with Crippen molar-refractivity contribution in [2.45, 2.75) is 6.92 Å². The lowest BCUT2D eigenvalue weighted by Crippen LogP contribution is -2.24. The minimum atomic E-state index is -0.323. The molecule has 0 fully saturated rings. The number of nitrogen functional groups attached to an aromatic ring is 1. The van der Waals surface area contributed by atoms with Gasteiger partial charge in [0.15, 0.2) is 0 Å². The molecule has 2 aromatic carbocycles. The van der Waals surface area contributed by atoms with E-state index in [2.05, 4.69) is 5.32 Å². The van der Waals surface area contributed by atoms with Crippen LogP contribution in [-0.2, 0) is 0 Å². The molecule has 0 saturated carbocycles. The van der Waals surface area contributed by atoms with E-state index in [4.69, 9.17) is 5.73 Å². The molecule has 5 heteroatoms. The maximum absolute atomic E-state index is 13.5. The summed E-state index contributed by atoms with van der Waals surface area (Å²) < 4.78 is 13.5. The van der Waals surface area contributed by atoms with Gasteiger partial charge in [-0.05, 0) is 43.3 Å². The highest BCUT2D eigenvalue weighted by molar-refractivity contribution is 6.01. The number of hydrogen-bond acceptors (Lipinski definition) is 3. The molecule has 0 aliphatic rings. The summed E-state index contributed by atoms with van der Waals surface area (Å²) in [5, 5.41) is 2.60. The van der Waals surface area contributed by atoms with Crippen molar-refractivity contribution in [1.29, 1.82) is 0 Å². The number of anilines is 3. The van der Waals surface area contributed by atoms with Crippen molar-refractivity contribution >= 4 is 23.0 Å². The Morgan fingerprint density at radius 1 is 1.29 bits per heavy atom. The predicted octanol–water partition coefficient (Wildman–Crippen LogP) is 2.93. The molecule has 0 spiro atoms. The number of carbonyl (C=O) groups excluding carboxylic acids is 1. The normalized spacial score (nSPS) is 10.2. The average Bonchev–Trinajstić information content (AvgIpc) is 2.47. The van der Waals surface area contributed by atoms with E-state index in [1.54, 1.807) is 37.4 Å². The molecule has 3 N–H and O–H groups in total. The average molecular weight is 287 g/mol. The number of nitrogens with zero attached hydrogens (tertiary/aromatic N) is 1. The fourth-order valence-electron chi connectivity index (χ4n) is 2.23. The smallest absolute Gasteiger partial charge is 0.253 e. The highest BCUT2D eigenvalue weighted by Gasteiger charge is 2.17. The van der Waals surface area contributed by atoms with Crippen LogP contribution in [0.25, 0.3) is 0 Å². The third-order valence-electron chi connectivity index (χ3n) is 3.22. The molecule has 0 aromatic heterocycles. The molecular formula is C16H18FN3O. The molecule has 0 saturated heterocycles. The molecule has 0 heterocycles. The molecule has 110 valence electrons. The lowest BCUT2D eigenvalue weighted by atomic mass is 10.1. The lowest BCUT2D eigenvalue weighted by Gasteiger charge is -2.26. The van der Waals surface area contributed by atoms with Crippen molar-refractivity contribution < 1.29 is 9.18 Å². The number of carbonyl (C=O) groups is 1. The van der Waals surface area contributed by atoms with Crippen LogP contribution in [0.5, 0.6) is 0 Å². The zero-order chi connectivity index (χ0) is 15.4. The third-order valence-corrected chi connectivity index (χ3v) is 3.22. The summed E-state index contributed by atoms with van der Waals surface area (Å²) in [6.07, 6.45) is 0. The molecule has 4 nitrogen and oxygen atoms in total. The van der Waals surface area contributed by atoms with Crippen LogP contribution < -0.4 is 16.0 Å². The molecule has 0 aliphatic heterocycles. The maximum atomic E-state index is 13.5. The maximum Gasteiger partial charge on any atom is 0.253 e. The molecule has 0 bridgehead atoms. The van der Waals surface area contributed by atoms with E-state index in [0.29, 0.717) is 29.2 Å². The number of hydrogen-bond donors (Lipinski definition) is 2. The van der Waals surface area contributed by atoms with Crippen molar-refractivity contribution in [2.75, 3.05) is 24.2 Å². The van der Waals surface area contributed by atoms with Gasteiger partial charge in [0, 0.05) is 25.0 Å². The van der Waals surface area contributed by atoms with Gasteiger partial charge < -0.3 is 16.0 Å². The standard InChI is InChI=1S/C16H18FN3O/c1-3-20(13-6-4-5-11(17)9-13)15-10-12(18)7-8-14(15)16(21)19-2/h4-10H,3,18H2,1-2H3,(H,19,21). The van der Waals surface area contributed by atoms with Crippen LogP contribution >= 0.6 is 0 Å². The Kier molecular flexibility index (Phi) is 4.42. The Hall–Kier alpha value is -2.56. The third kappa shape index (κ3) is 3.13. The van der Waals surface area contributed by atoms with Gasteiger partial charge in [-0.2, -0.15) is 0 Å². The number of amides is 1. The lowest BCUT2D eigenvalue weighted by molar-refractivity contribution is 0.0963. The molecular weight excluding hydrogens is 269 g/mol. The Morgan fingerprint density at radius 3 is 2.67 bits per heavy atom. The highest BCUT2D eigenvalue weighted by Crippen LogP contribution is 2.30. The number of benzene rings is 2. The van der Waals surface area contributed by atoms with Gasteiger partial charge in [-0.25, -0.2) is 4.39 Å². The van der Waals surface area contributed by atoms with E-state index in [1.807, 2.05) is 11.8 Å². The van der Waals surface area contributed by atoms with Crippen molar-refractivity contribution in [2.24, 2.45) is 0 Å². The minimum Gasteiger partial charge on any atom is -0.399 e. The number of rotatable bonds is 4. The topological polar surface area (TPSA) is 58.4 Å². The molecule has 0 unspecified atom stereocenters. The summed E-state index contributed by atoms with van der Waals surface area (Å²) in [4.78, 5) is 13.9. The van der Waals surface area contributed by atoms with Crippen LogP contribution in [0.1, 0.15) is 17.3 Å². The van der Waals surface area contributed by atoms with E-state index in [0.717, 1.165) is 0 Å². The molecule has 0 atom stereocenters. The van der Waals surface area contributed by atoms with Gasteiger partial charge in [0.1, 0.15) is 5.82 Å². The fraction of sp³-hybridized carbons (Fsp3) is 0.188. The summed E-state index contributed by atoms with van der Waals surface area (Å²) in [6.45, 7) is 2.51. The van der Waals surface area contributed by atoms with Crippen LogP contribution in [0.15, 0.2) is 42.5 Å². The minimum absolute atomic E-state index is 0.208. The number of nitrogens with one attached hydrogen (secondary N) is 1. The summed E-state index contributed by atoms with van der Waals surface area (Å²) in [5.74, 6) is -0.531. The second kappa shape index (κ2) is 6.26. The molecule has 21 heavy (non-hydrogen) atoms. The molecule has 0 radical (unpaired) electrons. The SMILES string of the molecule is CCN(c1cccc(F)c1)c1cc(N)ccc1C(=O)NC. The summed E-state index contributed by atoms with van der Waals surface area (Å²) in [6, 6.07) is 11.3. The zero-order valence-electron chi connectivity index (χ0n) is 12.1. The molecule has 0 aliphatic carbocycles. The van der Waals surface area contributed by atoms with Crippen molar-refractivity contribution in [3.05, 3.63) is 53.8 Å². The van der Waals surface area contributed by atoms with Crippen LogP contribution in [0.3, 0.4) is 0 Å². The Balaban J connectivity index is 2.56. The summed E-state index contributed by atoms with van der Waals surface area (Å²) >= 11 is 0. The highest BCUT2D eigenvalue weighted by atomic mass is 19.1. The van der Waals surface area contributed by atoms with Crippen LogP contribution in [0.2, 0.25) is 0 Å². The van der Waals surface area contributed by atoms with E-state index in [9.17, 15) is 9.18 Å². The Bertz CT molecular complexity index is 658. The van der Waals surface area contributed by atoms with Gasteiger partial charge in [-0.1, -0.05) is 6.07 Å². The van der Waals surface area contributed by atoms with E-state index in [-0.39, 0.29) is 11.7 Å². The zero-order valence-corrected chi connectivity index (χ0v) is 12.1. The van der Waals surface area contributed by atoms with Crippen LogP contribution in [0.4, 0.5) is 21.5 Å². The monoisotopic (exact) mass is 287 g/mol. The summed E-state index contributed by atoms with van der Waals surface area (Å²) in [7, 11) is 1.57. The summed E-state index contributed by atoms with van der Waals surface area (Å²) in [5.41, 5.74) is 8.21. The van der Waals surface area contributed by atoms with E-state index >= 15 is 0 Å². The first kappa shape index (κ1) is 14.8. The molecule has 2 rings (SSSR count). The van der Waals surface area contributed by atoms with E-state index in [1.165, 1.54) is 12.1 Å². The number of halogens is 1. The van der Waals surface area contributed by atoms with Gasteiger partial charge in [0.2, 0.25) is 0 Å². The van der Waals surface area contributed by atoms with Crippen molar-refractivity contribution in [1.82, 2.24) is 5.32 Å². The number of nitrogens with two attached hydrogens (primary N) is 1. The first-order chi connectivity index (χ1) is 10.1. The van der Waals surface area contributed by atoms with Crippen LogP contribution in [-0.4, -0.2) is 19.5 Å². The van der Waals surface area contributed by atoms with E-state index < -0.39 is 0 Å². The Morgan fingerprint density at radius 2 is 2.05 bits per heavy atom. The largest absolute Gasteiger partial charge is 0.399 e. The second-order valence-electron chi connectivity index (χ2n) is 4.58. The Labute approximate surface area is 123 Å². The van der Waals surface area contributed by atoms with Crippen molar-refractivity contribution in [3.63, 3.8) is 0 Å². The fourth-order valence-corrected chi connectivity index (χ4v) is 2.23. The van der Waals surface area contributed by atoms with Gasteiger partial charge >= 0.3 is 0 Å². The first-order valence-corrected chi connectivity index (χ1v) is 6.71. The van der Waals surface area contributed by atoms with Crippen LogP contribution in [0, 0.1) is 5.82 Å². The predicted molar refractivity (Wildman–Crippen MR) is 83.3 cm³/mol. The second-order valence-corrected chi connectivity index (χ2v) is 4.58. The first-order valence-electron chi connectivity index (χ1n) is 6.71. The van der Waals surface area contributed by atoms with Gasteiger partial charge in [0.25, 0.3) is 5.91 Å². The quantitative estimate of drug-likeness (QED) is 0.850. The molecule has 1 amide bonds. The van der Waals surface area contributed by atoms with Gasteiger partial charge in [0.05, 0.1) is 11.3 Å².